The van der Waals surface area contributed by atoms with Gasteiger partial charge in [-0.2, -0.15) is 0 Å². The van der Waals surface area contributed by atoms with E-state index in [9.17, 15) is 9.59 Å². The minimum absolute atomic E-state index is 0.0481. The molecule has 0 saturated heterocycles. The van der Waals surface area contributed by atoms with Crippen LogP contribution in [-0.4, -0.2) is 60.8 Å². The van der Waals surface area contributed by atoms with Crippen molar-refractivity contribution in [1.82, 2.24) is 10.2 Å². The number of carbonyl (C=O) groups is 2. The second-order valence-corrected chi connectivity index (χ2v) is 6.98. The zero-order chi connectivity index (χ0) is 21.1. The molecule has 6 nitrogen and oxygen atoms in total. The number of nitrogens with zero attached hydrogens (tertiary/aromatic N) is 1. The maximum Gasteiger partial charge on any atom is 0.333 e. The number of amides is 1. The lowest BCUT2D eigenvalue weighted by molar-refractivity contribution is -0.139. The summed E-state index contributed by atoms with van der Waals surface area (Å²) < 4.78 is 11.6. The van der Waals surface area contributed by atoms with Gasteiger partial charge in [0.25, 0.3) is 0 Å². The number of hydrogen-bond donors (Lipinski definition) is 1. The highest BCUT2D eigenvalue weighted by Gasteiger charge is 2.40. The third-order valence-corrected chi connectivity index (χ3v) is 4.93. The summed E-state index contributed by atoms with van der Waals surface area (Å²) in [4.78, 5) is 26.6. The van der Waals surface area contributed by atoms with Crippen molar-refractivity contribution in [3.05, 3.63) is 37.0 Å². The third-order valence-electron chi connectivity index (χ3n) is 4.93. The van der Waals surface area contributed by atoms with Crippen LogP contribution < -0.4 is 5.32 Å². The Labute approximate surface area is 169 Å². The Kier molecular flexibility index (Phi) is 10.8. The molecule has 0 spiro atoms. The summed E-state index contributed by atoms with van der Waals surface area (Å²) in [7, 11) is 0. The Balaban J connectivity index is 3.34. The molecule has 1 N–H and O–H groups in total. The van der Waals surface area contributed by atoms with E-state index in [1.165, 1.54) is 6.92 Å². The van der Waals surface area contributed by atoms with Gasteiger partial charge in [0.2, 0.25) is 5.91 Å². The molecule has 0 saturated carbocycles. The van der Waals surface area contributed by atoms with E-state index in [-0.39, 0.29) is 30.1 Å². The first-order valence-electron chi connectivity index (χ1n) is 10.2. The average molecular weight is 393 g/mol. The second kappa shape index (κ2) is 12.5. The van der Waals surface area contributed by atoms with Gasteiger partial charge in [0.05, 0.1) is 24.9 Å². The molecule has 28 heavy (non-hydrogen) atoms. The van der Waals surface area contributed by atoms with Crippen molar-refractivity contribution >= 4 is 11.9 Å². The predicted octanol–water partition coefficient (Wildman–Crippen LogP) is 3.00. The molecule has 0 aromatic heterocycles. The molecule has 1 rings (SSSR count). The average Bonchev–Trinajstić information content (AvgIpc) is 2.66. The monoisotopic (exact) mass is 392 g/mol. The molecule has 158 valence electrons. The van der Waals surface area contributed by atoms with Crippen LogP contribution >= 0.6 is 0 Å². The van der Waals surface area contributed by atoms with Gasteiger partial charge in [-0.3, -0.25) is 9.69 Å². The van der Waals surface area contributed by atoms with Gasteiger partial charge < -0.3 is 14.8 Å². The normalized spacial score (nSPS) is 21.9. The fraction of sp³-hybridized carbons (Fsp3) is 0.636. The number of ether oxygens (including phenoxy) is 2. The standard InChI is InChI=1S/C22H36N2O4/c1-7-12-24(13-8-2)19-14-17(22(26)27-11-5)15-20(21(19)23-16(6)25)28-18(9-3)10-4/h7-8,15,18-21H,1-2,9-14H2,3-6H3,(H,23,25). The van der Waals surface area contributed by atoms with Gasteiger partial charge in [-0.25, -0.2) is 4.79 Å². The van der Waals surface area contributed by atoms with Gasteiger partial charge in [0.15, 0.2) is 0 Å². The van der Waals surface area contributed by atoms with Gasteiger partial charge in [0.1, 0.15) is 0 Å². The van der Waals surface area contributed by atoms with E-state index in [0.717, 1.165) is 12.8 Å². The van der Waals surface area contributed by atoms with Gasteiger partial charge in [-0.15, -0.1) is 13.2 Å². The van der Waals surface area contributed by atoms with Crippen molar-refractivity contribution in [3.8, 4) is 0 Å². The molecule has 3 atom stereocenters. The van der Waals surface area contributed by atoms with Crippen molar-refractivity contribution in [2.45, 2.75) is 71.2 Å². The molecular weight excluding hydrogens is 356 g/mol. The lowest BCUT2D eigenvalue weighted by Gasteiger charge is -2.43. The van der Waals surface area contributed by atoms with Gasteiger partial charge >= 0.3 is 5.97 Å². The lowest BCUT2D eigenvalue weighted by atomic mass is 9.86. The smallest absolute Gasteiger partial charge is 0.333 e. The quantitative estimate of drug-likeness (QED) is 0.408. The summed E-state index contributed by atoms with van der Waals surface area (Å²) in [5.41, 5.74) is 0.586. The molecule has 0 aliphatic heterocycles. The second-order valence-electron chi connectivity index (χ2n) is 6.98. The fourth-order valence-electron chi connectivity index (χ4n) is 3.59. The maximum atomic E-state index is 12.5. The molecule has 3 unspecified atom stereocenters. The molecule has 0 radical (unpaired) electrons. The summed E-state index contributed by atoms with van der Waals surface area (Å²) >= 11 is 0. The van der Waals surface area contributed by atoms with Crippen LogP contribution in [0.25, 0.3) is 0 Å². The minimum Gasteiger partial charge on any atom is -0.463 e. The SMILES string of the molecule is C=CCN(CC=C)C1CC(C(=O)OCC)=CC(OC(CC)CC)C1NC(C)=O. The molecule has 1 aliphatic carbocycles. The van der Waals surface area contributed by atoms with E-state index in [2.05, 4.69) is 37.2 Å². The van der Waals surface area contributed by atoms with E-state index in [1.807, 2.05) is 18.2 Å². The topological polar surface area (TPSA) is 67.9 Å². The van der Waals surface area contributed by atoms with Crippen LogP contribution in [0.5, 0.6) is 0 Å². The molecule has 1 amide bonds. The Morgan fingerprint density at radius 2 is 1.86 bits per heavy atom. The van der Waals surface area contributed by atoms with Crippen LogP contribution in [0.2, 0.25) is 0 Å². The number of rotatable bonds is 12. The predicted molar refractivity (Wildman–Crippen MR) is 112 cm³/mol. The minimum atomic E-state index is -0.413. The molecule has 0 aromatic rings. The van der Waals surface area contributed by atoms with E-state index in [4.69, 9.17) is 9.47 Å². The van der Waals surface area contributed by atoms with Crippen LogP contribution in [0.4, 0.5) is 0 Å². The first-order valence-corrected chi connectivity index (χ1v) is 10.2. The maximum absolute atomic E-state index is 12.5. The van der Waals surface area contributed by atoms with Crippen molar-refractivity contribution in [1.29, 1.82) is 0 Å². The van der Waals surface area contributed by atoms with Crippen LogP contribution in [0.1, 0.15) is 47.0 Å². The number of esters is 1. The Bertz CT molecular complexity index is 559. The summed E-state index contributed by atoms with van der Waals surface area (Å²) in [6, 6.07) is -0.417. The Hall–Kier alpha value is -1.92. The van der Waals surface area contributed by atoms with Crippen LogP contribution in [0.3, 0.4) is 0 Å². The Morgan fingerprint density at radius 1 is 1.25 bits per heavy atom. The van der Waals surface area contributed by atoms with Crippen molar-refractivity contribution < 1.29 is 19.1 Å². The van der Waals surface area contributed by atoms with Crippen LogP contribution in [0, 0.1) is 0 Å². The van der Waals surface area contributed by atoms with Crippen LogP contribution in [-0.2, 0) is 19.1 Å². The van der Waals surface area contributed by atoms with Gasteiger partial charge in [-0.05, 0) is 32.3 Å². The van der Waals surface area contributed by atoms with Gasteiger partial charge in [0, 0.05) is 31.6 Å². The van der Waals surface area contributed by atoms with Gasteiger partial charge in [-0.1, -0.05) is 26.0 Å². The van der Waals surface area contributed by atoms with Crippen LogP contribution in [0.15, 0.2) is 37.0 Å². The van der Waals surface area contributed by atoms with Crippen molar-refractivity contribution in [3.63, 3.8) is 0 Å². The molecule has 0 fully saturated rings. The number of hydrogen-bond acceptors (Lipinski definition) is 5. The molecule has 0 bridgehead atoms. The van der Waals surface area contributed by atoms with E-state index < -0.39 is 6.10 Å². The molecular formula is C22H36N2O4. The summed E-state index contributed by atoms with van der Waals surface area (Å²) in [5.74, 6) is -0.456. The van der Waals surface area contributed by atoms with E-state index >= 15 is 0 Å². The number of carbonyl (C=O) groups excluding carboxylic acids is 2. The highest BCUT2D eigenvalue weighted by Crippen LogP contribution is 2.28. The largest absolute Gasteiger partial charge is 0.463 e. The summed E-state index contributed by atoms with van der Waals surface area (Å²) in [5, 5.41) is 3.05. The summed E-state index contributed by atoms with van der Waals surface area (Å²) in [6.07, 6.45) is 7.27. The highest BCUT2D eigenvalue weighted by atomic mass is 16.5. The molecule has 0 aromatic carbocycles. The van der Waals surface area contributed by atoms with Crippen molar-refractivity contribution in [2.24, 2.45) is 0 Å². The molecule has 0 heterocycles. The fourth-order valence-corrected chi connectivity index (χ4v) is 3.59. The van der Waals surface area contributed by atoms with E-state index in [1.54, 1.807) is 6.92 Å². The molecule has 1 aliphatic rings. The zero-order valence-corrected chi connectivity index (χ0v) is 17.8. The third kappa shape index (κ3) is 6.91. The molecule has 6 heteroatoms. The highest BCUT2D eigenvalue weighted by molar-refractivity contribution is 5.89. The van der Waals surface area contributed by atoms with E-state index in [0.29, 0.717) is 31.7 Å². The first kappa shape index (κ1) is 24.1. The first-order chi connectivity index (χ1) is 13.4. The van der Waals surface area contributed by atoms with Crippen molar-refractivity contribution in [2.75, 3.05) is 19.7 Å². The summed E-state index contributed by atoms with van der Waals surface area (Å²) in [6.45, 7) is 16.7. The number of nitrogens with one attached hydrogen (secondary N) is 1. The Morgan fingerprint density at radius 3 is 2.32 bits per heavy atom. The lowest BCUT2D eigenvalue weighted by Crippen LogP contribution is -2.59. The zero-order valence-electron chi connectivity index (χ0n) is 17.8.